The second-order valence-electron chi connectivity index (χ2n) is 7.29. The molecule has 0 radical (unpaired) electrons. The van der Waals surface area contributed by atoms with Crippen LogP contribution < -0.4 is 0 Å². The Bertz CT molecular complexity index is 733. The molecule has 0 bridgehead atoms. The zero-order valence-electron chi connectivity index (χ0n) is 15.2. The van der Waals surface area contributed by atoms with E-state index < -0.39 is 5.41 Å². The summed E-state index contributed by atoms with van der Waals surface area (Å²) in [6.45, 7) is 5.05. The molecule has 1 amide bonds. The molecular weight excluding hydrogens is 328 g/mol. The molecule has 3 rings (SSSR count). The van der Waals surface area contributed by atoms with Crippen LogP contribution in [0.1, 0.15) is 18.9 Å². The molecule has 1 aliphatic heterocycles. The summed E-state index contributed by atoms with van der Waals surface area (Å²) in [5.74, 6) is 0.407. The molecule has 0 aromatic heterocycles. The van der Waals surface area contributed by atoms with Gasteiger partial charge in [-0.1, -0.05) is 42.5 Å². The maximum absolute atomic E-state index is 12.6. The van der Waals surface area contributed by atoms with E-state index in [-0.39, 0.29) is 23.9 Å². The van der Waals surface area contributed by atoms with Gasteiger partial charge in [-0.2, -0.15) is 0 Å². The highest BCUT2D eigenvalue weighted by molar-refractivity contribution is 5.88. The van der Waals surface area contributed by atoms with Crippen LogP contribution in [0.25, 0.3) is 0 Å². The van der Waals surface area contributed by atoms with Gasteiger partial charge in [0, 0.05) is 37.2 Å². The number of piperazine rings is 1. The van der Waals surface area contributed by atoms with Gasteiger partial charge in [-0.3, -0.25) is 14.5 Å². The number of para-hydroxylation sites is 1. The van der Waals surface area contributed by atoms with Crippen LogP contribution in [0.4, 0.5) is 0 Å². The van der Waals surface area contributed by atoms with Gasteiger partial charge in [0.15, 0.2) is 5.78 Å². The van der Waals surface area contributed by atoms with E-state index in [2.05, 4.69) is 4.90 Å². The summed E-state index contributed by atoms with van der Waals surface area (Å²) in [6.07, 6.45) is 8.90. The molecule has 1 unspecified atom stereocenters. The van der Waals surface area contributed by atoms with Crippen LogP contribution in [-0.4, -0.2) is 59.3 Å². The predicted molar refractivity (Wildman–Crippen MR) is 101 cm³/mol. The summed E-state index contributed by atoms with van der Waals surface area (Å²) in [6, 6.07) is 6.94. The molecule has 1 aromatic rings. The first-order chi connectivity index (χ1) is 12.5. The number of nitrogens with zero attached hydrogens (tertiary/aromatic N) is 2. The lowest BCUT2D eigenvalue weighted by Gasteiger charge is -2.36. The number of aromatic hydroxyl groups is 1. The van der Waals surface area contributed by atoms with Gasteiger partial charge in [-0.25, -0.2) is 0 Å². The van der Waals surface area contributed by atoms with Crippen molar-refractivity contribution in [2.45, 2.75) is 19.8 Å². The minimum atomic E-state index is -0.410. The molecule has 2 aliphatic rings. The largest absolute Gasteiger partial charge is 0.508 e. The van der Waals surface area contributed by atoms with Crippen LogP contribution in [0, 0.1) is 5.41 Å². The molecule has 1 aliphatic carbocycles. The maximum Gasteiger partial charge on any atom is 0.227 e. The van der Waals surface area contributed by atoms with E-state index >= 15 is 0 Å². The zero-order chi connectivity index (χ0) is 18.6. The molecule has 1 atom stereocenters. The Morgan fingerprint density at radius 2 is 1.85 bits per heavy atom. The van der Waals surface area contributed by atoms with E-state index in [1.54, 1.807) is 18.2 Å². The molecule has 1 heterocycles. The van der Waals surface area contributed by atoms with Crippen molar-refractivity contribution in [1.29, 1.82) is 0 Å². The molecule has 5 heteroatoms. The number of benzene rings is 1. The van der Waals surface area contributed by atoms with Gasteiger partial charge >= 0.3 is 0 Å². The van der Waals surface area contributed by atoms with E-state index in [1.807, 2.05) is 42.2 Å². The summed E-state index contributed by atoms with van der Waals surface area (Å²) in [5, 5.41) is 9.82. The van der Waals surface area contributed by atoms with Crippen molar-refractivity contribution in [2.24, 2.45) is 5.41 Å². The first-order valence-corrected chi connectivity index (χ1v) is 9.13. The molecule has 26 heavy (non-hydrogen) atoms. The first-order valence-electron chi connectivity index (χ1n) is 9.13. The van der Waals surface area contributed by atoms with Crippen molar-refractivity contribution < 1.29 is 14.7 Å². The second kappa shape index (κ2) is 7.87. The highest BCUT2D eigenvalue weighted by atomic mass is 16.3. The van der Waals surface area contributed by atoms with Crippen molar-refractivity contribution >= 4 is 11.7 Å². The highest BCUT2D eigenvalue weighted by Gasteiger charge is 2.32. The lowest BCUT2D eigenvalue weighted by atomic mass is 9.79. The maximum atomic E-state index is 12.6. The Labute approximate surface area is 154 Å². The smallest absolute Gasteiger partial charge is 0.227 e. The molecule has 5 nitrogen and oxygen atoms in total. The Balaban J connectivity index is 1.49. The van der Waals surface area contributed by atoms with Crippen LogP contribution in [0.15, 0.2) is 48.6 Å². The average Bonchev–Trinajstić information content (AvgIpc) is 2.65. The Hall–Kier alpha value is -2.40. The van der Waals surface area contributed by atoms with Crippen molar-refractivity contribution in [3.63, 3.8) is 0 Å². The lowest BCUT2D eigenvalue weighted by Crippen LogP contribution is -2.51. The summed E-state index contributed by atoms with van der Waals surface area (Å²) >= 11 is 0. The van der Waals surface area contributed by atoms with Gasteiger partial charge in [0.1, 0.15) is 5.75 Å². The summed E-state index contributed by atoms with van der Waals surface area (Å²) < 4.78 is 0. The number of phenols is 1. The van der Waals surface area contributed by atoms with Crippen LogP contribution in [-0.2, 0) is 16.0 Å². The number of carbonyl (C=O) groups excluding carboxylic acids is 2. The number of phenolic OH excluding ortho intramolecular Hbond substituents is 1. The van der Waals surface area contributed by atoms with Gasteiger partial charge in [-0.15, -0.1) is 0 Å². The second-order valence-corrected chi connectivity index (χ2v) is 7.29. The number of carbonyl (C=O) groups is 2. The van der Waals surface area contributed by atoms with E-state index in [9.17, 15) is 14.7 Å². The zero-order valence-corrected chi connectivity index (χ0v) is 15.2. The molecular formula is C21H26N2O3. The summed E-state index contributed by atoms with van der Waals surface area (Å²) in [4.78, 5) is 29.1. The molecule has 1 aromatic carbocycles. The lowest BCUT2D eigenvalue weighted by molar-refractivity contribution is -0.133. The normalized spacial score (nSPS) is 23.2. The fourth-order valence-electron chi connectivity index (χ4n) is 3.41. The number of ketones is 1. The molecule has 1 N–H and O–H groups in total. The fraction of sp³-hybridized carbons (Fsp3) is 0.429. The number of hydrogen-bond donors (Lipinski definition) is 1. The van der Waals surface area contributed by atoms with Gasteiger partial charge in [0.2, 0.25) is 5.91 Å². The van der Waals surface area contributed by atoms with E-state index in [4.69, 9.17) is 0 Å². The number of amides is 1. The predicted octanol–water partition coefficient (Wildman–Crippen LogP) is 2.17. The van der Waals surface area contributed by atoms with Gasteiger partial charge in [0.25, 0.3) is 0 Å². The number of allylic oxidation sites excluding steroid dienone is 4. The van der Waals surface area contributed by atoms with E-state index in [0.29, 0.717) is 38.3 Å². The third-order valence-electron chi connectivity index (χ3n) is 5.32. The Morgan fingerprint density at radius 3 is 2.50 bits per heavy atom. The fourth-order valence-corrected chi connectivity index (χ4v) is 3.41. The van der Waals surface area contributed by atoms with Crippen molar-refractivity contribution in [3.05, 3.63) is 54.1 Å². The number of Topliss-reactive ketones (excluding diaryl/α,β-unsaturated/α-hetero) is 1. The Morgan fingerprint density at radius 1 is 1.12 bits per heavy atom. The molecule has 138 valence electrons. The number of hydrogen-bond acceptors (Lipinski definition) is 4. The summed E-state index contributed by atoms with van der Waals surface area (Å²) in [7, 11) is 0. The highest BCUT2D eigenvalue weighted by Crippen LogP contribution is 2.28. The Kier molecular flexibility index (Phi) is 5.57. The minimum absolute atomic E-state index is 0.0183. The van der Waals surface area contributed by atoms with Crippen LogP contribution in [0.5, 0.6) is 5.75 Å². The third kappa shape index (κ3) is 4.22. The van der Waals surface area contributed by atoms with Crippen LogP contribution >= 0.6 is 0 Å². The molecule has 0 spiro atoms. The van der Waals surface area contributed by atoms with Crippen LogP contribution in [0.3, 0.4) is 0 Å². The quantitative estimate of drug-likeness (QED) is 0.880. The molecule has 1 saturated heterocycles. The van der Waals surface area contributed by atoms with E-state index in [1.165, 1.54) is 0 Å². The molecule has 1 fully saturated rings. The molecule has 0 saturated carbocycles. The van der Waals surface area contributed by atoms with Gasteiger partial charge in [0.05, 0.1) is 13.0 Å². The minimum Gasteiger partial charge on any atom is -0.508 e. The SMILES string of the molecule is CC1(C(=O)CN2CCN(C(=O)Cc3ccccc3O)CC2)C=CC=CC1. The number of rotatable bonds is 5. The van der Waals surface area contributed by atoms with Crippen molar-refractivity contribution in [3.8, 4) is 5.75 Å². The van der Waals surface area contributed by atoms with Crippen molar-refractivity contribution in [1.82, 2.24) is 9.80 Å². The van der Waals surface area contributed by atoms with Crippen LogP contribution in [0.2, 0.25) is 0 Å². The standard InChI is InChI=1S/C21H26N2O3/c1-21(9-5-2-6-10-21)19(25)16-22-11-13-23(14-12-22)20(26)15-17-7-3-4-8-18(17)24/h2-9,24H,10-16H2,1H3. The van der Waals surface area contributed by atoms with E-state index in [0.717, 1.165) is 6.42 Å². The van der Waals surface area contributed by atoms with Gasteiger partial charge in [-0.05, 0) is 19.4 Å². The average molecular weight is 354 g/mol. The third-order valence-corrected chi connectivity index (χ3v) is 5.32. The summed E-state index contributed by atoms with van der Waals surface area (Å²) in [5.41, 5.74) is 0.243. The topological polar surface area (TPSA) is 60.9 Å². The monoisotopic (exact) mass is 354 g/mol. The van der Waals surface area contributed by atoms with Crippen molar-refractivity contribution in [2.75, 3.05) is 32.7 Å². The first kappa shape index (κ1) is 18.4. The van der Waals surface area contributed by atoms with Gasteiger partial charge < -0.3 is 10.0 Å².